The molecule has 0 amide bonds. The third kappa shape index (κ3) is 6.25. The summed E-state index contributed by atoms with van der Waals surface area (Å²) in [5.74, 6) is 6.10. The van der Waals surface area contributed by atoms with Gasteiger partial charge in [-0.2, -0.15) is 0 Å². The zero-order valence-electron chi connectivity index (χ0n) is 22.6. The number of ether oxygens (including phenoxy) is 2. The van der Waals surface area contributed by atoms with Crippen molar-refractivity contribution in [3.8, 4) is 5.75 Å². The van der Waals surface area contributed by atoms with Gasteiger partial charge in [-0.3, -0.25) is 4.79 Å². The average Bonchev–Trinajstić information content (AvgIpc) is 3.24. The summed E-state index contributed by atoms with van der Waals surface area (Å²) in [5, 5.41) is 1.59. The molecule has 1 aliphatic heterocycles. The lowest BCUT2D eigenvalue weighted by Crippen LogP contribution is -2.33. The van der Waals surface area contributed by atoms with Crippen LogP contribution in [0.3, 0.4) is 0 Å². The first kappa shape index (κ1) is 29.4. The Hall–Kier alpha value is -2.63. The molecular weight excluding hydrogens is 556 g/mol. The van der Waals surface area contributed by atoms with Crippen LogP contribution < -0.4 is 21.3 Å². The Morgan fingerprint density at radius 1 is 1.31 bits per heavy atom. The van der Waals surface area contributed by atoms with Gasteiger partial charge in [-0.15, -0.1) is 11.3 Å². The van der Waals surface area contributed by atoms with E-state index in [1.54, 1.807) is 5.01 Å². The number of nitrogens with zero attached hydrogens (tertiary/aromatic N) is 2. The van der Waals surface area contributed by atoms with Crippen molar-refractivity contribution >= 4 is 51.3 Å². The molecule has 2 heterocycles. The number of esters is 1. The van der Waals surface area contributed by atoms with Gasteiger partial charge in [0.05, 0.1) is 34.1 Å². The molecule has 0 spiro atoms. The number of halogens is 1. The van der Waals surface area contributed by atoms with Gasteiger partial charge in [0.1, 0.15) is 22.8 Å². The minimum atomic E-state index is -1.42. The van der Waals surface area contributed by atoms with E-state index in [-0.39, 0.29) is 24.4 Å². The van der Waals surface area contributed by atoms with Crippen molar-refractivity contribution < 1.29 is 18.5 Å². The highest BCUT2D eigenvalue weighted by Gasteiger charge is 2.30. The molecule has 4 rings (SSSR count). The molecular formula is C28H35ClN4O4S2. The Balaban J connectivity index is 1.69. The Kier molecular flexibility index (Phi) is 9.56. The number of hydrogen-bond acceptors (Lipinski definition) is 8. The molecule has 0 fully saturated rings. The van der Waals surface area contributed by atoms with Crippen molar-refractivity contribution in [2.24, 2.45) is 5.84 Å². The highest BCUT2D eigenvalue weighted by atomic mass is 35.5. The molecule has 0 saturated heterocycles. The molecule has 39 heavy (non-hydrogen) atoms. The number of para-hydroxylation sites is 1. The molecule has 0 bridgehead atoms. The molecule has 2 aromatic carbocycles. The summed E-state index contributed by atoms with van der Waals surface area (Å²) in [6, 6.07) is 13.3. The molecule has 11 heteroatoms. The van der Waals surface area contributed by atoms with Crippen molar-refractivity contribution in [3.05, 3.63) is 68.4 Å². The van der Waals surface area contributed by atoms with Crippen molar-refractivity contribution in [1.29, 1.82) is 0 Å². The Morgan fingerprint density at radius 2 is 2.05 bits per heavy atom. The fourth-order valence-electron chi connectivity index (χ4n) is 4.72. The molecule has 1 aromatic heterocycles. The Morgan fingerprint density at radius 3 is 2.74 bits per heavy atom. The van der Waals surface area contributed by atoms with Gasteiger partial charge in [0.15, 0.2) is 0 Å². The lowest BCUT2D eigenvalue weighted by Gasteiger charge is -2.24. The smallest absolute Gasteiger partial charge is 0.306 e. The third-order valence-electron chi connectivity index (χ3n) is 7.05. The van der Waals surface area contributed by atoms with Gasteiger partial charge in [0.2, 0.25) is 0 Å². The molecule has 1 aliphatic rings. The SMILES string of the molecule is CC[C@@H]1CN(Cc2cc(C(CC(=O)OC)c3ccc(N(N)CC)c(N)c3C)sc2Cl)S(=O)c2ccccc2O1. The zero-order chi connectivity index (χ0) is 28.3. The van der Waals surface area contributed by atoms with Crippen molar-refractivity contribution in [1.82, 2.24) is 4.31 Å². The fourth-order valence-corrected chi connectivity index (χ4v) is 7.43. The van der Waals surface area contributed by atoms with E-state index in [1.807, 2.05) is 60.6 Å². The number of rotatable bonds is 9. The highest BCUT2D eigenvalue weighted by molar-refractivity contribution is 7.82. The van der Waals surface area contributed by atoms with E-state index in [9.17, 15) is 9.00 Å². The average molecular weight is 591 g/mol. The van der Waals surface area contributed by atoms with Crippen LogP contribution >= 0.6 is 22.9 Å². The van der Waals surface area contributed by atoms with Crippen molar-refractivity contribution in [3.63, 3.8) is 0 Å². The van der Waals surface area contributed by atoms with Crippen LogP contribution in [-0.2, 0) is 27.1 Å². The summed E-state index contributed by atoms with van der Waals surface area (Å²) in [5.41, 5.74) is 10.4. The van der Waals surface area contributed by atoms with E-state index in [1.165, 1.54) is 18.4 Å². The summed E-state index contributed by atoms with van der Waals surface area (Å²) in [4.78, 5) is 14.0. The lowest BCUT2D eigenvalue weighted by atomic mass is 9.89. The van der Waals surface area contributed by atoms with E-state index in [0.29, 0.717) is 40.3 Å². The molecule has 0 radical (unpaired) electrons. The largest absolute Gasteiger partial charge is 0.488 e. The fraction of sp³-hybridized carbons (Fsp3) is 0.393. The number of benzene rings is 2. The molecule has 2 unspecified atom stereocenters. The first-order valence-corrected chi connectivity index (χ1v) is 15.2. The van der Waals surface area contributed by atoms with E-state index in [2.05, 4.69) is 6.92 Å². The Labute approximate surface area is 241 Å². The predicted molar refractivity (Wildman–Crippen MR) is 159 cm³/mol. The van der Waals surface area contributed by atoms with Crippen LogP contribution in [0.2, 0.25) is 4.34 Å². The number of carbonyl (C=O) groups is 1. The second-order valence-electron chi connectivity index (χ2n) is 9.45. The van der Waals surface area contributed by atoms with Crippen LogP contribution in [-0.4, -0.2) is 40.8 Å². The highest BCUT2D eigenvalue weighted by Crippen LogP contribution is 2.42. The molecule has 4 N–H and O–H groups in total. The minimum absolute atomic E-state index is 0.101. The number of carbonyl (C=O) groups excluding carboxylic acids is 1. The second kappa shape index (κ2) is 12.7. The normalized spacial score (nSPS) is 18.1. The van der Waals surface area contributed by atoms with Gasteiger partial charge in [-0.25, -0.2) is 14.4 Å². The van der Waals surface area contributed by atoms with Gasteiger partial charge in [-0.1, -0.05) is 36.7 Å². The van der Waals surface area contributed by atoms with Gasteiger partial charge >= 0.3 is 5.97 Å². The van der Waals surface area contributed by atoms with Crippen molar-refractivity contribution in [2.75, 3.05) is 30.9 Å². The van der Waals surface area contributed by atoms with Crippen LogP contribution in [0.5, 0.6) is 5.75 Å². The topological polar surface area (TPSA) is 111 Å². The van der Waals surface area contributed by atoms with E-state index < -0.39 is 11.0 Å². The van der Waals surface area contributed by atoms with Crippen LogP contribution in [0.1, 0.15) is 54.2 Å². The molecule has 3 atom stereocenters. The second-order valence-corrected chi connectivity index (χ2v) is 12.6. The maximum absolute atomic E-state index is 13.6. The molecule has 3 aromatic rings. The molecule has 0 aliphatic carbocycles. The monoisotopic (exact) mass is 590 g/mol. The molecule has 210 valence electrons. The minimum Gasteiger partial charge on any atom is -0.488 e. The standard InChI is InChI=1S/C28H35ClN4O4S2/c1-5-19-16-32(39(35)25-10-8-7-9-23(25)37-19)15-18-13-24(38-28(18)29)21(14-26(34)36-4)20-11-12-22(33(31)6-2)27(30)17(20)3/h7-13,19,21H,5-6,14-16,30-31H2,1-4H3/t19-,21?,39?/m1/s1. The van der Waals surface area contributed by atoms with E-state index in [4.69, 9.17) is 32.7 Å². The third-order valence-corrected chi connectivity index (χ3v) is 10.1. The Bertz CT molecular complexity index is 1370. The first-order chi connectivity index (χ1) is 18.7. The van der Waals surface area contributed by atoms with Crippen LogP contribution in [0.25, 0.3) is 0 Å². The van der Waals surface area contributed by atoms with E-state index >= 15 is 0 Å². The summed E-state index contributed by atoms with van der Waals surface area (Å²) in [6.45, 7) is 7.40. The number of nitrogen functional groups attached to an aromatic ring is 1. The number of methoxy groups -OCH3 is 1. The summed E-state index contributed by atoms with van der Waals surface area (Å²) in [6.07, 6.45) is 0.804. The van der Waals surface area contributed by atoms with Crippen LogP contribution in [0, 0.1) is 6.92 Å². The van der Waals surface area contributed by atoms with Gasteiger partial charge in [0, 0.05) is 30.4 Å². The number of fused-ring (bicyclic) bond motifs is 1. The predicted octanol–water partition coefficient (Wildman–Crippen LogP) is 5.38. The number of anilines is 2. The zero-order valence-corrected chi connectivity index (χ0v) is 25.0. The number of thiophene rings is 1. The summed E-state index contributed by atoms with van der Waals surface area (Å²) in [7, 11) is -0.0393. The van der Waals surface area contributed by atoms with Crippen LogP contribution in [0.4, 0.5) is 11.4 Å². The maximum atomic E-state index is 13.6. The number of nitrogens with two attached hydrogens (primary N) is 2. The maximum Gasteiger partial charge on any atom is 0.306 e. The molecule has 0 saturated carbocycles. The summed E-state index contributed by atoms with van der Waals surface area (Å²) >= 11 is 8.19. The van der Waals surface area contributed by atoms with Crippen molar-refractivity contribution in [2.45, 2.75) is 57.1 Å². The summed E-state index contributed by atoms with van der Waals surface area (Å²) < 4.78 is 27.2. The quantitative estimate of drug-likeness (QED) is 0.149. The van der Waals surface area contributed by atoms with Gasteiger partial charge in [0.25, 0.3) is 0 Å². The molecule has 8 nitrogen and oxygen atoms in total. The van der Waals surface area contributed by atoms with Gasteiger partial charge < -0.3 is 20.2 Å². The number of hydrazine groups is 1. The lowest BCUT2D eigenvalue weighted by molar-refractivity contribution is -0.140. The number of hydrogen-bond donors (Lipinski definition) is 2. The van der Waals surface area contributed by atoms with Crippen LogP contribution in [0.15, 0.2) is 47.4 Å². The van der Waals surface area contributed by atoms with E-state index in [0.717, 1.165) is 33.7 Å². The first-order valence-electron chi connectivity index (χ1n) is 12.9. The van der Waals surface area contributed by atoms with Gasteiger partial charge in [-0.05, 0) is 61.2 Å².